The van der Waals surface area contributed by atoms with Gasteiger partial charge in [0.1, 0.15) is 5.56 Å². The Balaban J connectivity index is 2.14. The summed E-state index contributed by atoms with van der Waals surface area (Å²) < 4.78 is 65.9. The normalized spacial score (nSPS) is 17.2. The van der Waals surface area contributed by atoms with Gasteiger partial charge in [0.2, 0.25) is 5.82 Å². The highest BCUT2D eigenvalue weighted by molar-refractivity contribution is 5.91. The van der Waals surface area contributed by atoms with Crippen molar-refractivity contribution in [1.29, 1.82) is 0 Å². The number of carbonyl (C=O) groups is 1. The fraction of sp³-hybridized carbons (Fsp3) is 0.250. The lowest BCUT2D eigenvalue weighted by Crippen LogP contribution is -2.14. The van der Waals surface area contributed by atoms with Gasteiger partial charge >= 0.3 is 5.97 Å². The second-order valence-electron chi connectivity index (χ2n) is 5.16. The standard InChI is InChI=1S/C16H12F5NO2/c1-8(7-9-5-3-2-4-6-9)22-24-16(23)10-11(17)13(19)15(21)14(20)12(10)18/h2-5,9H,6-7H2,1H3/b22-8+/t9-/m1/s1. The third-order valence-corrected chi connectivity index (χ3v) is 3.33. The van der Waals surface area contributed by atoms with Crippen LogP contribution in [0.3, 0.4) is 0 Å². The molecule has 3 nitrogen and oxygen atoms in total. The average Bonchev–Trinajstić information content (AvgIpc) is 2.57. The smallest absolute Gasteiger partial charge is 0.313 e. The van der Waals surface area contributed by atoms with E-state index in [1.54, 1.807) is 0 Å². The molecule has 1 atom stereocenters. The molecule has 0 aliphatic heterocycles. The highest BCUT2D eigenvalue weighted by atomic mass is 19.2. The molecule has 0 spiro atoms. The van der Waals surface area contributed by atoms with Gasteiger partial charge in [-0.2, -0.15) is 0 Å². The van der Waals surface area contributed by atoms with Crippen LogP contribution in [-0.2, 0) is 4.84 Å². The molecular weight excluding hydrogens is 333 g/mol. The average molecular weight is 345 g/mol. The van der Waals surface area contributed by atoms with Crippen LogP contribution in [0.25, 0.3) is 0 Å². The molecule has 1 aromatic carbocycles. The molecule has 128 valence electrons. The third kappa shape index (κ3) is 3.69. The minimum absolute atomic E-state index is 0.117. The fourth-order valence-corrected chi connectivity index (χ4v) is 2.15. The molecule has 0 aromatic heterocycles. The maximum absolute atomic E-state index is 13.5. The highest BCUT2D eigenvalue weighted by Gasteiger charge is 2.31. The van der Waals surface area contributed by atoms with Crippen molar-refractivity contribution in [2.24, 2.45) is 11.1 Å². The van der Waals surface area contributed by atoms with Crippen molar-refractivity contribution < 1.29 is 31.6 Å². The van der Waals surface area contributed by atoms with Crippen LogP contribution in [-0.4, -0.2) is 11.7 Å². The molecule has 1 aromatic rings. The first kappa shape index (κ1) is 17.8. The van der Waals surface area contributed by atoms with Crippen LogP contribution in [0.15, 0.2) is 29.5 Å². The van der Waals surface area contributed by atoms with Crippen molar-refractivity contribution in [2.45, 2.75) is 19.8 Å². The predicted octanol–water partition coefficient (Wildman–Crippen LogP) is 4.44. The molecule has 1 aliphatic rings. The topological polar surface area (TPSA) is 38.7 Å². The van der Waals surface area contributed by atoms with Gasteiger partial charge in [-0.3, -0.25) is 0 Å². The van der Waals surface area contributed by atoms with E-state index in [9.17, 15) is 26.7 Å². The first-order valence-electron chi connectivity index (χ1n) is 6.92. The van der Waals surface area contributed by atoms with Crippen LogP contribution in [0.4, 0.5) is 22.0 Å². The van der Waals surface area contributed by atoms with Crippen LogP contribution in [0.5, 0.6) is 0 Å². The lowest BCUT2D eigenvalue weighted by molar-refractivity contribution is 0.0499. The van der Waals surface area contributed by atoms with Crippen molar-refractivity contribution in [3.05, 3.63) is 59.0 Å². The molecule has 24 heavy (non-hydrogen) atoms. The van der Waals surface area contributed by atoms with E-state index in [-0.39, 0.29) is 5.92 Å². The molecular formula is C16H12F5NO2. The number of oxime groups is 1. The number of allylic oxidation sites excluding steroid dienone is 4. The van der Waals surface area contributed by atoms with Gasteiger partial charge in [0.05, 0.1) is 5.71 Å². The van der Waals surface area contributed by atoms with Crippen LogP contribution >= 0.6 is 0 Å². The minimum Gasteiger partial charge on any atom is -0.313 e. The van der Waals surface area contributed by atoms with Gasteiger partial charge in [0.15, 0.2) is 23.3 Å². The van der Waals surface area contributed by atoms with Crippen molar-refractivity contribution in [1.82, 2.24) is 0 Å². The summed E-state index contributed by atoms with van der Waals surface area (Å²) in [4.78, 5) is 15.9. The molecule has 0 radical (unpaired) electrons. The number of halogens is 5. The van der Waals surface area contributed by atoms with Crippen LogP contribution in [0, 0.1) is 35.0 Å². The molecule has 0 N–H and O–H groups in total. The van der Waals surface area contributed by atoms with E-state index < -0.39 is 40.6 Å². The Morgan fingerprint density at radius 2 is 1.67 bits per heavy atom. The lowest BCUT2D eigenvalue weighted by Gasteiger charge is -2.11. The predicted molar refractivity (Wildman–Crippen MR) is 75.8 cm³/mol. The number of benzene rings is 1. The molecule has 2 rings (SSSR count). The zero-order valence-electron chi connectivity index (χ0n) is 12.5. The molecule has 0 saturated heterocycles. The summed E-state index contributed by atoms with van der Waals surface area (Å²) in [6.45, 7) is 1.51. The zero-order chi connectivity index (χ0) is 17.9. The van der Waals surface area contributed by atoms with E-state index >= 15 is 0 Å². The molecule has 0 bridgehead atoms. The molecule has 0 heterocycles. The first-order chi connectivity index (χ1) is 11.3. The second kappa shape index (κ2) is 7.37. The van der Waals surface area contributed by atoms with Crippen molar-refractivity contribution in [3.8, 4) is 0 Å². The van der Waals surface area contributed by atoms with Gasteiger partial charge in [-0.25, -0.2) is 26.7 Å². The van der Waals surface area contributed by atoms with E-state index in [0.717, 1.165) is 6.42 Å². The summed E-state index contributed by atoms with van der Waals surface area (Å²) in [5.74, 6) is -13.0. The van der Waals surface area contributed by atoms with Crippen LogP contribution in [0.1, 0.15) is 30.1 Å². The number of rotatable bonds is 4. The summed E-state index contributed by atoms with van der Waals surface area (Å²) >= 11 is 0. The molecule has 0 unspecified atom stereocenters. The molecule has 1 aliphatic carbocycles. The highest BCUT2D eigenvalue weighted by Crippen LogP contribution is 2.24. The Labute approximate surface area is 134 Å². The molecule has 0 amide bonds. The Morgan fingerprint density at radius 3 is 2.21 bits per heavy atom. The largest absolute Gasteiger partial charge is 0.371 e. The number of carbonyl (C=O) groups excluding carboxylic acids is 1. The van der Waals surface area contributed by atoms with E-state index in [1.165, 1.54) is 6.92 Å². The van der Waals surface area contributed by atoms with Gasteiger partial charge in [0, 0.05) is 0 Å². The Bertz CT molecular complexity index is 726. The summed E-state index contributed by atoms with van der Waals surface area (Å²) in [7, 11) is 0. The quantitative estimate of drug-likeness (QED) is 0.202. The number of hydrogen-bond donors (Lipinski definition) is 0. The van der Waals surface area contributed by atoms with Gasteiger partial charge in [0.25, 0.3) is 0 Å². The molecule has 8 heteroatoms. The summed E-state index contributed by atoms with van der Waals surface area (Å²) in [5, 5.41) is 3.40. The maximum Gasteiger partial charge on any atom is 0.371 e. The van der Waals surface area contributed by atoms with E-state index in [2.05, 4.69) is 9.99 Å². The lowest BCUT2D eigenvalue weighted by atomic mass is 9.95. The molecule has 0 saturated carbocycles. The van der Waals surface area contributed by atoms with Crippen molar-refractivity contribution >= 4 is 11.7 Å². The van der Waals surface area contributed by atoms with E-state index in [1.807, 2.05) is 24.3 Å². The minimum atomic E-state index is -2.35. The monoisotopic (exact) mass is 345 g/mol. The number of nitrogens with zero attached hydrogens (tertiary/aromatic N) is 1. The van der Waals surface area contributed by atoms with Crippen LogP contribution < -0.4 is 0 Å². The van der Waals surface area contributed by atoms with Crippen molar-refractivity contribution in [2.75, 3.05) is 0 Å². The summed E-state index contributed by atoms with van der Waals surface area (Å²) in [6, 6.07) is 0. The van der Waals surface area contributed by atoms with Crippen molar-refractivity contribution in [3.63, 3.8) is 0 Å². The first-order valence-corrected chi connectivity index (χ1v) is 6.92. The van der Waals surface area contributed by atoms with Gasteiger partial charge in [-0.1, -0.05) is 29.5 Å². The third-order valence-electron chi connectivity index (χ3n) is 3.33. The summed E-state index contributed by atoms with van der Waals surface area (Å²) in [6.07, 6.45) is 8.69. The Kier molecular flexibility index (Phi) is 5.48. The summed E-state index contributed by atoms with van der Waals surface area (Å²) in [5.41, 5.74) is -1.35. The van der Waals surface area contributed by atoms with E-state index in [4.69, 9.17) is 0 Å². The Hall–Kier alpha value is -2.51. The van der Waals surface area contributed by atoms with E-state index in [0.29, 0.717) is 12.1 Å². The molecule has 0 fully saturated rings. The Morgan fingerprint density at radius 1 is 1.08 bits per heavy atom. The maximum atomic E-state index is 13.5. The zero-order valence-corrected chi connectivity index (χ0v) is 12.5. The fourth-order valence-electron chi connectivity index (χ4n) is 2.15. The van der Waals surface area contributed by atoms with Gasteiger partial charge in [-0.15, -0.1) is 0 Å². The number of hydrogen-bond acceptors (Lipinski definition) is 3. The SMILES string of the molecule is C/C(C[C@@H]1C=CC=CC1)=N\OC(=O)c1c(F)c(F)c(F)c(F)c1F. The van der Waals surface area contributed by atoms with Crippen LogP contribution in [0.2, 0.25) is 0 Å². The van der Waals surface area contributed by atoms with Gasteiger partial charge in [-0.05, 0) is 25.7 Å². The van der Waals surface area contributed by atoms with Gasteiger partial charge < -0.3 is 4.84 Å². The second-order valence-corrected chi connectivity index (χ2v) is 5.16.